The lowest BCUT2D eigenvalue weighted by Crippen LogP contribution is -2.35. The van der Waals surface area contributed by atoms with E-state index in [0.717, 1.165) is 30.6 Å². The molecule has 1 aromatic rings. The van der Waals surface area contributed by atoms with Crippen LogP contribution in [0.15, 0.2) is 18.2 Å². The molecule has 2 rings (SSSR count). The Morgan fingerprint density at radius 2 is 1.90 bits per heavy atom. The van der Waals surface area contributed by atoms with Crippen molar-refractivity contribution in [3.63, 3.8) is 0 Å². The molecule has 0 amide bonds. The lowest BCUT2D eigenvalue weighted by Gasteiger charge is -2.33. The van der Waals surface area contributed by atoms with Gasteiger partial charge in [0.1, 0.15) is 5.75 Å². The lowest BCUT2D eigenvalue weighted by molar-refractivity contribution is 0.223. The zero-order chi connectivity index (χ0) is 15.2. The standard InChI is InChI=1S/C19H31NO/c1-14(2)20-13-17-8-6-5-7-16(17)12-18-11-15(3)9-10-19(18)21-4/h9-11,14,16-17,20H,5-8,12-13H2,1-4H3. The smallest absolute Gasteiger partial charge is 0.122 e. The van der Waals surface area contributed by atoms with Crippen LogP contribution < -0.4 is 10.1 Å². The van der Waals surface area contributed by atoms with Gasteiger partial charge in [0.2, 0.25) is 0 Å². The second kappa shape index (κ2) is 7.84. The fraction of sp³-hybridized carbons (Fsp3) is 0.684. The van der Waals surface area contributed by atoms with Gasteiger partial charge in [-0.1, -0.05) is 44.4 Å². The molecule has 1 N–H and O–H groups in total. The van der Waals surface area contributed by atoms with E-state index in [0.29, 0.717) is 6.04 Å². The van der Waals surface area contributed by atoms with Crippen LogP contribution in [-0.2, 0) is 6.42 Å². The van der Waals surface area contributed by atoms with E-state index in [9.17, 15) is 0 Å². The minimum atomic E-state index is 0.584. The molecule has 2 unspecified atom stereocenters. The largest absolute Gasteiger partial charge is 0.496 e. The number of hydrogen-bond donors (Lipinski definition) is 1. The van der Waals surface area contributed by atoms with Crippen LogP contribution in [0.3, 0.4) is 0 Å². The summed E-state index contributed by atoms with van der Waals surface area (Å²) in [4.78, 5) is 0. The Bertz CT molecular complexity index is 441. The summed E-state index contributed by atoms with van der Waals surface area (Å²) < 4.78 is 5.56. The Balaban J connectivity index is 2.06. The number of aryl methyl sites for hydroxylation is 1. The minimum absolute atomic E-state index is 0.584. The molecule has 118 valence electrons. The third kappa shape index (κ3) is 4.74. The number of hydrogen-bond acceptors (Lipinski definition) is 2. The number of ether oxygens (including phenoxy) is 1. The molecule has 2 nitrogen and oxygen atoms in total. The second-order valence-corrected chi connectivity index (χ2v) is 6.89. The molecule has 1 aliphatic rings. The molecule has 21 heavy (non-hydrogen) atoms. The molecule has 0 aromatic heterocycles. The summed E-state index contributed by atoms with van der Waals surface area (Å²) in [6.45, 7) is 7.81. The maximum atomic E-state index is 5.56. The Morgan fingerprint density at radius 1 is 1.19 bits per heavy atom. The third-order valence-corrected chi connectivity index (χ3v) is 4.77. The van der Waals surface area contributed by atoms with E-state index < -0.39 is 0 Å². The predicted octanol–water partition coefficient (Wildman–Crippen LogP) is 4.35. The Labute approximate surface area is 130 Å². The first-order valence-corrected chi connectivity index (χ1v) is 8.47. The van der Waals surface area contributed by atoms with Crippen molar-refractivity contribution in [2.45, 2.75) is 58.9 Å². The van der Waals surface area contributed by atoms with Gasteiger partial charge < -0.3 is 10.1 Å². The van der Waals surface area contributed by atoms with Gasteiger partial charge in [-0.25, -0.2) is 0 Å². The van der Waals surface area contributed by atoms with Gasteiger partial charge in [0.05, 0.1) is 7.11 Å². The van der Waals surface area contributed by atoms with Crippen molar-refractivity contribution < 1.29 is 4.74 Å². The molecule has 2 heteroatoms. The summed E-state index contributed by atoms with van der Waals surface area (Å²) in [6.07, 6.45) is 6.68. The van der Waals surface area contributed by atoms with Crippen LogP contribution in [-0.4, -0.2) is 19.7 Å². The van der Waals surface area contributed by atoms with Gasteiger partial charge in [-0.05, 0) is 56.2 Å². The van der Waals surface area contributed by atoms with Gasteiger partial charge in [0.15, 0.2) is 0 Å². The highest BCUT2D eigenvalue weighted by atomic mass is 16.5. The van der Waals surface area contributed by atoms with Crippen molar-refractivity contribution in [3.8, 4) is 5.75 Å². The highest BCUT2D eigenvalue weighted by molar-refractivity contribution is 5.37. The van der Waals surface area contributed by atoms with Crippen LogP contribution in [0.25, 0.3) is 0 Å². The van der Waals surface area contributed by atoms with Crippen molar-refractivity contribution in [1.29, 1.82) is 0 Å². The number of methoxy groups -OCH3 is 1. The fourth-order valence-corrected chi connectivity index (χ4v) is 3.56. The van der Waals surface area contributed by atoms with Crippen LogP contribution in [0, 0.1) is 18.8 Å². The van der Waals surface area contributed by atoms with Gasteiger partial charge in [0, 0.05) is 6.04 Å². The van der Waals surface area contributed by atoms with Crippen LogP contribution in [0.1, 0.15) is 50.7 Å². The van der Waals surface area contributed by atoms with Crippen LogP contribution in [0.4, 0.5) is 0 Å². The van der Waals surface area contributed by atoms with Crippen molar-refractivity contribution in [2.24, 2.45) is 11.8 Å². The summed E-state index contributed by atoms with van der Waals surface area (Å²) in [5.74, 6) is 2.66. The van der Waals surface area contributed by atoms with Crippen molar-refractivity contribution in [2.75, 3.05) is 13.7 Å². The first-order valence-electron chi connectivity index (χ1n) is 8.47. The van der Waals surface area contributed by atoms with Crippen LogP contribution >= 0.6 is 0 Å². The molecule has 1 aliphatic carbocycles. The molecule has 0 aliphatic heterocycles. The van der Waals surface area contributed by atoms with Gasteiger partial charge in [-0.2, -0.15) is 0 Å². The van der Waals surface area contributed by atoms with Crippen molar-refractivity contribution in [3.05, 3.63) is 29.3 Å². The average molecular weight is 289 g/mol. The first-order chi connectivity index (χ1) is 10.1. The van der Waals surface area contributed by atoms with Gasteiger partial charge in [-0.15, -0.1) is 0 Å². The monoisotopic (exact) mass is 289 g/mol. The van der Waals surface area contributed by atoms with E-state index in [1.165, 1.54) is 36.8 Å². The molecule has 1 saturated carbocycles. The topological polar surface area (TPSA) is 21.3 Å². The minimum Gasteiger partial charge on any atom is -0.496 e. The van der Waals surface area contributed by atoms with E-state index >= 15 is 0 Å². The fourth-order valence-electron chi connectivity index (χ4n) is 3.56. The Kier molecular flexibility index (Phi) is 6.10. The molecule has 0 spiro atoms. The quantitative estimate of drug-likeness (QED) is 0.840. The zero-order valence-electron chi connectivity index (χ0n) is 14.1. The van der Waals surface area contributed by atoms with E-state index in [-0.39, 0.29) is 0 Å². The molecule has 1 aromatic carbocycles. The molecular weight excluding hydrogens is 258 g/mol. The highest BCUT2D eigenvalue weighted by Gasteiger charge is 2.26. The molecule has 2 atom stereocenters. The summed E-state index contributed by atoms with van der Waals surface area (Å²) in [7, 11) is 1.78. The SMILES string of the molecule is COc1ccc(C)cc1CC1CCCCC1CNC(C)C. The highest BCUT2D eigenvalue weighted by Crippen LogP contribution is 2.34. The van der Waals surface area contributed by atoms with Gasteiger partial charge in [0.25, 0.3) is 0 Å². The molecule has 0 heterocycles. The number of rotatable bonds is 6. The summed E-state index contributed by atoms with van der Waals surface area (Å²) in [5.41, 5.74) is 2.72. The Hall–Kier alpha value is -1.02. The van der Waals surface area contributed by atoms with Crippen molar-refractivity contribution in [1.82, 2.24) is 5.32 Å². The van der Waals surface area contributed by atoms with E-state index in [4.69, 9.17) is 4.74 Å². The number of benzene rings is 1. The maximum Gasteiger partial charge on any atom is 0.122 e. The molecule has 0 bridgehead atoms. The summed E-state index contributed by atoms with van der Waals surface area (Å²) >= 11 is 0. The summed E-state index contributed by atoms with van der Waals surface area (Å²) in [6, 6.07) is 7.15. The van der Waals surface area contributed by atoms with E-state index in [1.807, 2.05) is 0 Å². The van der Waals surface area contributed by atoms with Crippen LogP contribution in [0.5, 0.6) is 5.75 Å². The normalized spacial score (nSPS) is 22.5. The van der Waals surface area contributed by atoms with Gasteiger partial charge >= 0.3 is 0 Å². The second-order valence-electron chi connectivity index (χ2n) is 6.89. The number of nitrogens with one attached hydrogen (secondary N) is 1. The molecule has 0 saturated heterocycles. The maximum absolute atomic E-state index is 5.56. The van der Waals surface area contributed by atoms with Crippen LogP contribution in [0.2, 0.25) is 0 Å². The Morgan fingerprint density at radius 3 is 2.57 bits per heavy atom. The van der Waals surface area contributed by atoms with E-state index in [2.05, 4.69) is 44.3 Å². The third-order valence-electron chi connectivity index (χ3n) is 4.77. The molecule has 0 radical (unpaired) electrons. The zero-order valence-corrected chi connectivity index (χ0v) is 14.1. The average Bonchev–Trinajstić information content (AvgIpc) is 2.46. The summed E-state index contributed by atoms with van der Waals surface area (Å²) in [5, 5.41) is 3.64. The molecular formula is C19H31NO. The van der Waals surface area contributed by atoms with Crippen molar-refractivity contribution >= 4 is 0 Å². The molecule has 1 fully saturated rings. The first kappa shape index (κ1) is 16.4. The lowest BCUT2D eigenvalue weighted by atomic mass is 9.76. The predicted molar refractivity (Wildman–Crippen MR) is 90.0 cm³/mol. The van der Waals surface area contributed by atoms with Gasteiger partial charge in [-0.3, -0.25) is 0 Å². The van der Waals surface area contributed by atoms with E-state index in [1.54, 1.807) is 7.11 Å².